The van der Waals surface area contributed by atoms with Gasteiger partial charge in [-0.15, -0.1) is 0 Å². The minimum atomic E-state index is -0.375. The number of rotatable bonds is 2. The summed E-state index contributed by atoms with van der Waals surface area (Å²) in [5.74, 6) is 1.26. The lowest BCUT2D eigenvalue weighted by Crippen LogP contribution is -2.11. The monoisotopic (exact) mass is 232 g/mol. The van der Waals surface area contributed by atoms with E-state index in [0.717, 1.165) is 19.3 Å². The van der Waals surface area contributed by atoms with Crippen molar-refractivity contribution in [1.82, 2.24) is 20.1 Å². The molecule has 1 fully saturated rings. The van der Waals surface area contributed by atoms with Gasteiger partial charge in [0.15, 0.2) is 0 Å². The van der Waals surface area contributed by atoms with Gasteiger partial charge in [0.1, 0.15) is 0 Å². The molecule has 2 atom stereocenters. The van der Waals surface area contributed by atoms with Crippen LogP contribution in [0.4, 0.5) is 0 Å². The fraction of sp³-hybridized carbons (Fsp3) is 0.455. The average Bonchev–Trinajstić information content (AvgIpc) is 2.98. The van der Waals surface area contributed by atoms with Crippen molar-refractivity contribution < 1.29 is 9.63 Å². The van der Waals surface area contributed by atoms with Gasteiger partial charge < -0.3 is 9.63 Å². The Balaban J connectivity index is 1.88. The third-order valence-corrected chi connectivity index (χ3v) is 3.00. The second-order valence-corrected chi connectivity index (χ2v) is 4.13. The number of hydrogen-bond donors (Lipinski definition) is 1. The van der Waals surface area contributed by atoms with E-state index in [2.05, 4.69) is 20.1 Å². The highest BCUT2D eigenvalue weighted by molar-refractivity contribution is 5.40. The maximum Gasteiger partial charge on any atom is 0.240 e. The van der Waals surface area contributed by atoms with Crippen molar-refractivity contribution in [2.45, 2.75) is 31.3 Å². The van der Waals surface area contributed by atoms with Crippen LogP contribution >= 0.6 is 0 Å². The van der Waals surface area contributed by atoms with Crippen LogP contribution in [0.5, 0.6) is 0 Å². The number of aromatic nitrogens is 4. The summed E-state index contributed by atoms with van der Waals surface area (Å²) in [6, 6.07) is 1.73. The van der Waals surface area contributed by atoms with E-state index in [1.54, 1.807) is 18.5 Å². The average molecular weight is 232 g/mol. The van der Waals surface area contributed by atoms with Gasteiger partial charge in [-0.3, -0.25) is 0 Å². The van der Waals surface area contributed by atoms with Gasteiger partial charge in [-0.25, -0.2) is 9.97 Å². The van der Waals surface area contributed by atoms with Gasteiger partial charge in [-0.1, -0.05) is 5.16 Å². The van der Waals surface area contributed by atoms with E-state index in [0.29, 0.717) is 17.5 Å². The van der Waals surface area contributed by atoms with Crippen LogP contribution in [0.2, 0.25) is 0 Å². The summed E-state index contributed by atoms with van der Waals surface area (Å²) >= 11 is 0. The van der Waals surface area contributed by atoms with E-state index in [1.165, 1.54) is 0 Å². The Morgan fingerprint density at radius 3 is 2.71 bits per heavy atom. The molecule has 1 N–H and O–H groups in total. The Kier molecular flexibility index (Phi) is 2.56. The third kappa shape index (κ3) is 1.91. The quantitative estimate of drug-likeness (QED) is 0.836. The van der Waals surface area contributed by atoms with Crippen LogP contribution in [0.3, 0.4) is 0 Å². The SMILES string of the molecule is OC1CCCC1c1nc(-c2ncccn2)no1. The molecule has 0 radical (unpaired) electrons. The molecule has 6 nitrogen and oxygen atoms in total. The molecular formula is C11H12N4O2. The molecule has 2 unspecified atom stereocenters. The van der Waals surface area contributed by atoms with Crippen LogP contribution in [-0.2, 0) is 0 Å². The standard InChI is InChI=1S/C11H12N4O2/c16-8-4-1-3-7(8)11-14-10(15-17-11)9-12-5-2-6-13-9/h2,5-8,16H,1,3-4H2. The van der Waals surface area contributed by atoms with Crippen LogP contribution in [0.1, 0.15) is 31.1 Å². The molecule has 1 aliphatic carbocycles. The lowest BCUT2D eigenvalue weighted by atomic mass is 10.1. The summed E-state index contributed by atoms with van der Waals surface area (Å²) in [7, 11) is 0. The third-order valence-electron chi connectivity index (χ3n) is 3.00. The lowest BCUT2D eigenvalue weighted by Gasteiger charge is -2.07. The van der Waals surface area contributed by atoms with Gasteiger partial charge in [0.25, 0.3) is 0 Å². The summed E-state index contributed by atoms with van der Waals surface area (Å²) in [5, 5.41) is 13.6. The van der Waals surface area contributed by atoms with E-state index >= 15 is 0 Å². The first-order valence-corrected chi connectivity index (χ1v) is 5.63. The van der Waals surface area contributed by atoms with Gasteiger partial charge >= 0.3 is 0 Å². The van der Waals surface area contributed by atoms with E-state index < -0.39 is 0 Å². The van der Waals surface area contributed by atoms with Crippen molar-refractivity contribution in [1.29, 1.82) is 0 Å². The molecule has 0 bridgehead atoms. The van der Waals surface area contributed by atoms with Crippen molar-refractivity contribution in [3.63, 3.8) is 0 Å². The van der Waals surface area contributed by atoms with Gasteiger partial charge in [0.2, 0.25) is 17.5 Å². The molecule has 2 aromatic heterocycles. The van der Waals surface area contributed by atoms with Crippen LogP contribution in [0.25, 0.3) is 11.6 Å². The zero-order valence-electron chi connectivity index (χ0n) is 9.15. The molecule has 88 valence electrons. The minimum absolute atomic E-state index is 0.0417. The summed E-state index contributed by atoms with van der Waals surface area (Å²) in [5.41, 5.74) is 0. The lowest BCUT2D eigenvalue weighted by molar-refractivity contribution is 0.148. The molecule has 1 aliphatic rings. The number of hydrogen-bond acceptors (Lipinski definition) is 6. The highest BCUT2D eigenvalue weighted by atomic mass is 16.5. The molecule has 0 aliphatic heterocycles. The van der Waals surface area contributed by atoms with E-state index in [9.17, 15) is 5.11 Å². The molecule has 1 saturated carbocycles. The first-order chi connectivity index (χ1) is 8.34. The van der Waals surface area contributed by atoms with Crippen LogP contribution < -0.4 is 0 Å². The molecule has 0 spiro atoms. The zero-order chi connectivity index (χ0) is 11.7. The Labute approximate surface area is 97.7 Å². The molecule has 0 aromatic carbocycles. The normalized spacial score (nSPS) is 24.1. The van der Waals surface area contributed by atoms with E-state index in [4.69, 9.17) is 4.52 Å². The maximum atomic E-state index is 9.76. The molecule has 0 amide bonds. The Hall–Kier alpha value is -1.82. The largest absolute Gasteiger partial charge is 0.392 e. The van der Waals surface area contributed by atoms with Crippen molar-refractivity contribution >= 4 is 0 Å². The van der Waals surface area contributed by atoms with Gasteiger partial charge in [0.05, 0.1) is 12.0 Å². The maximum absolute atomic E-state index is 9.76. The highest BCUT2D eigenvalue weighted by Crippen LogP contribution is 2.33. The molecule has 0 saturated heterocycles. The number of nitrogens with zero attached hydrogens (tertiary/aromatic N) is 4. The molecule has 6 heteroatoms. The Morgan fingerprint density at radius 1 is 1.18 bits per heavy atom. The minimum Gasteiger partial charge on any atom is -0.392 e. The highest BCUT2D eigenvalue weighted by Gasteiger charge is 2.31. The van der Waals surface area contributed by atoms with Gasteiger partial charge in [-0.05, 0) is 25.3 Å². The van der Waals surface area contributed by atoms with Crippen molar-refractivity contribution in [3.05, 3.63) is 24.4 Å². The number of aliphatic hydroxyl groups excluding tert-OH is 1. The van der Waals surface area contributed by atoms with Gasteiger partial charge in [-0.2, -0.15) is 4.98 Å². The van der Waals surface area contributed by atoms with Gasteiger partial charge in [0, 0.05) is 12.4 Å². The van der Waals surface area contributed by atoms with Crippen LogP contribution in [-0.4, -0.2) is 31.3 Å². The Bertz CT molecular complexity index is 499. The second-order valence-electron chi connectivity index (χ2n) is 4.13. The van der Waals surface area contributed by atoms with E-state index in [-0.39, 0.29) is 12.0 Å². The smallest absolute Gasteiger partial charge is 0.240 e. The topological polar surface area (TPSA) is 84.9 Å². The van der Waals surface area contributed by atoms with E-state index in [1.807, 2.05) is 0 Å². The Morgan fingerprint density at radius 2 is 2.00 bits per heavy atom. The molecule has 2 aromatic rings. The fourth-order valence-electron chi connectivity index (χ4n) is 2.12. The summed E-state index contributed by atoms with van der Waals surface area (Å²) in [4.78, 5) is 12.3. The summed E-state index contributed by atoms with van der Waals surface area (Å²) in [6.07, 6.45) is 5.56. The fourth-order valence-corrected chi connectivity index (χ4v) is 2.12. The second kappa shape index (κ2) is 4.21. The first-order valence-electron chi connectivity index (χ1n) is 5.63. The van der Waals surface area contributed by atoms with Crippen molar-refractivity contribution in [2.24, 2.45) is 0 Å². The first kappa shape index (κ1) is 10.3. The van der Waals surface area contributed by atoms with Crippen molar-refractivity contribution in [3.8, 4) is 11.6 Å². The molecule has 17 heavy (non-hydrogen) atoms. The van der Waals surface area contributed by atoms with Crippen LogP contribution in [0.15, 0.2) is 23.0 Å². The summed E-state index contributed by atoms with van der Waals surface area (Å²) < 4.78 is 5.17. The van der Waals surface area contributed by atoms with Crippen LogP contribution in [0, 0.1) is 0 Å². The molecular weight excluding hydrogens is 220 g/mol. The number of aliphatic hydroxyl groups is 1. The predicted octanol–water partition coefficient (Wildman–Crippen LogP) is 1.15. The zero-order valence-corrected chi connectivity index (χ0v) is 9.15. The van der Waals surface area contributed by atoms with Crippen molar-refractivity contribution in [2.75, 3.05) is 0 Å². The molecule has 3 rings (SSSR count). The predicted molar refractivity (Wildman–Crippen MR) is 57.9 cm³/mol. The summed E-state index contributed by atoms with van der Waals surface area (Å²) in [6.45, 7) is 0. The molecule has 2 heterocycles.